The fourth-order valence-electron chi connectivity index (χ4n) is 6.70. The number of carbonyl (C=O) groups is 3. The zero-order valence-corrected chi connectivity index (χ0v) is 19.6. The van der Waals surface area contributed by atoms with E-state index in [0.29, 0.717) is 13.1 Å². The molecule has 0 radical (unpaired) electrons. The summed E-state index contributed by atoms with van der Waals surface area (Å²) in [5.41, 5.74) is 4.70. The smallest absolute Gasteiger partial charge is 0.407 e. The topological polar surface area (TPSA) is 95.9 Å². The number of carboxylic acids is 1. The van der Waals surface area contributed by atoms with Gasteiger partial charge in [-0.3, -0.25) is 9.59 Å². The van der Waals surface area contributed by atoms with Crippen molar-refractivity contribution in [1.82, 2.24) is 10.2 Å². The number of fused-ring (bicyclic) bond motifs is 4. The molecule has 3 aliphatic carbocycles. The minimum absolute atomic E-state index is 0.00422. The van der Waals surface area contributed by atoms with E-state index >= 15 is 0 Å². The third kappa shape index (κ3) is 3.87. The molecule has 5 atom stereocenters. The summed E-state index contributed by atoms with van der Waals surface area (Å²) in [5.74, 6) is -1.09. The van der Waals surface area contributed by atoms with Gasteiger partial charge in [0.05, 0.1) is 11.8 Å². The number of nitrogens with zero attached hydrogens (tertiary/aromatic N) is 1. The summed E-state index contributed by atoms with van der Waals surface area (Å²) in [7, 11) is 0. The van der Waals surface area contributed by atoms with Gasteiger partial charge in [0.1, 0.15) is 6.61 Å². The quantitative estimate of drug-likeness (QED) is 0.686. The standard InChI is InChI=1S/C28H30N2O5/c31-26(30-13-21-22(14-30)25(21)27(32)33)20-11-5-6-12-24(20)29-28(34)35-15-23-18-9-3-1-7-16(18)17-8-2-4-10-19(17)23/h1-4,7-10,20-25H,5-6,11-15H2,(H,29,34)(H,32,33)/t20?,21-,22+,24?,25?. The van der Waals surface area contributed by atoms with E-state index in [1.165, 1.54) is 22.3 Å². The summed E-state index contributed by atoms with van der Waals surface area (Å²) in [6.07, 6.45) is 2.93. The lowest BCUT2D eigenvalue weighted by Crippen LogP contribution is -2.50. The lowest BCUT2D eigenvalue weighted by atomic mass is 9.83. The molecule has 2 saturated carbocycles. The maximum Gasteiger partial charge on any atom is 0.407 e. The van der Waals surface area contributed by atoms with Crippen molar-refractivity contribution < 1.29 is 24.2 Å². The van der Waals surface area contributed by atoms with E-state index in [9.17, 15) is 19.5 Å². The van der Waals surface area contributed by atoms with Gasteiger partial charge >= 0.3 is 12.1 Å². The minimum atomic E-state index is -0.750. The predicted octanol–water partition coefficient (Wildman–Crippen LogP) is 3.87. The van der Waals surface area contributed by atoms with Gasteiger partial charge in [0.25, 0.3) is 0 Å². The number of carbonyl (C=O) groups excluding carboxylic acids is 2. The molecule has 0 aromatic heterocycles. The lowest BCUT2D eigenvalue weighted by Gasteiger charge is -2.34. The second-order valence-electron chi connectivity index (χ2n) is 10.4. The first kappa shape index (κ1) is 22.1. The Morgan fingerprint density at radius 2 is 1.51 bits per heavy atom. The number of aliphatic carboxylic acids is 1. The summed E-state index contributed by atoms with van der Waals surface area (Å²) < 4.78 is 5.72. The van der Waals surface area contributed by atoms with E-state index in [1.807, 2.05) is 29.2 Å². The van der Waals surface area contributed by atoms with Crippen LogP contribution in [0.25, 0.3) is 11.1 Å². The van der Waals surface area contributed by atoms with Crippen molar-refractivity contribution >= 4 is 18.0 Å². The SMILES string of the molecule is O=C(NC1CCCCC1C(=O)N1C[C@@H]2C(C(=O)O)[C@@H]2C1)OCC1c2ccccc2-c2ccccc21. The van der Waals surface area contributed by atoms with Crippen LogP contribution in [-0.4, -0.2) is 53.7 Å². The van der Waals surface area contributed by atoms with E-state index < -0.39 is 12.1 Å². The third-order valence-corrected chi connectivity index (χ3v) is 8.52. The van der Waals surface area contributed by atoms with Crippen LogP contribution >= 0.6 is 0 Å². The van der Waals surface area contributed by atoms with Gasteiger partial charge in [-0.2, -0.15) is 0 Å². The Bertz CT molecular complexity index is 1120. The third-order valence-electron chi connectivity index (χ3n) is 8.52. The van der Waals surface area contributed by atoms with Crippen LogP contribution < -0.4 is 5.32 Å². The van der Waals surface area contributed by atoms with Crippen molar-refractivity contribution in [2.75, 3.05) is 19.7 Å². The number of nitrogens with one attached hydrogen (secondary N) is 1. The molecule has 35 heavy (non-hydrogen) atoms. The second kappa shape index (κ2) is 8.70. The van der Waals surface area contributed by atoms with Crippen molar-refractivity contribution in [3.63, 3.8) is 0 Å². The molecule has 2 aromatic rings. The molecule has 2 aromatic carbocycles. The molecule has 182 valence electrons. The number of hydrogen-bond acceptors (Lipinski definition) is 4. The number of hydrogen-bond donors (Lipinski definition) is 2. The fourth-order valence-corrected chi connectivity index (χ4v) is 6.70. The highest BCUT2D eigenvalue weighted by Crippen LogP contribution is 2.52. The van der Waals surface area contributed by atoms with Gasteiger partial charge in [-0.05, 0) is 46.9 Å². The first-order valence-corrected chi connectivity index (χ1v) is 12.7. The molecule has 0 bridgehead atoms. The highest BCUT2D eigenvalue weighted by Gasteiger charge is 2.61. The first-order chi connectivity index (χ1) is 17.0. The summed E-state index contributed by atoms with van der Waals surface area (Å²) in [6.45, 7) is 1.29. The number of amides is 2. The van der Waals surface area contributed by atoms with Crippen LogP contribution in [0.5, 0.6) is 0 Å². The first-order valence-electron chi connectivity index (χ1n) is 12.7. The average molecular weight is 475 g/mol. The largest absolute Gasteiger partial charge is 0.481 e. The molecule has 7 nitrogen and oxygen atoms in total. The molecule has 1 saturated heterocycles. The monoisotopic (exact) mass is 474 g/mol. The van der Waals surface area contributed by atoms with Gasteiger partial charge in [0.15, 0.2) is 0 Å². The maximum absolute atomic E-state index is 13.3. The van der Waals surface area contributed by atoms with E-state index in [4.69, 9.17) is 4.74 Å². The van der Waals surface area contributed by atoms with Crippen molar-refractivity contribution in [2.45, 2.75) is 37.6 Å². The fraction of sp³-hybridized carbons (Fsp3) is 0.464. The van der Waals surface area contributed by atoms with Crippen LogP contribution in [0.1, 0.15) is 42.7 Å². The van der Waals surface area contributed by atoms with Crippen LogP contribution in [-0.2, 0) is 14.3 Å². The molecule has 3 unspecified atom stereocenters. The average Bonchev–Trinajstić information content (AvgIpc) is 3.22. The van der Waals surface area contributed by atoms with Gasteiger partial charge in [0.2, 0.25) is 5.91 Å². The molecule has 4 aliphatic rings. The number of ether oxygens (including phenoxy) is 1. The Hall–Kier alpha value is -3.35. The molecular weight excluding hydrogens is 444 g/mol. The van der Waals surface area contributed by atoms with Crippen LogP contribution in [0.3, 0.4) is 0 Å². The van der Waals surface area contributed by atoms with Gasteiger partial charge in [0, 0.05) is 25.0 Å². The molecule has 3 fully saturated rings. The van der Waals surface area contributed by atoms with Crippen LogP contribution in [0.15, 0.2) is 48.5 Å². The van der Waals surface area contributed by atoms with Gasteiger partial charge < -0.3 is 20.1 Å². The Balaban J connectivity index is 1.08. The Labute approximate surface area is 204 Å². The summed E-state index contributed by atoms with van der Waals surface area (Å²) in [4.78, 5) is 39.2. The van der Waals surface area contributed by atoms with Gasteiger partial charge in [-0.15, -0.1) is 0 Å². The number of rotatable bonds is 5. The molecular formula is C28H30N2O5. The predicted molar refractivity (Wildman–Crippen MR) is 129 cm³/mol. The number of carboxylic acid groups (broad SMARTS) is 1. The Kier molecular flexibility index (Phi) is 5.50. The highest BCUT2D eigenvalue weighted by molar-refractivity contribution is 5.83. The van der Waals surface area contributed by atoms with Crippen LogP contribution in [0, 0.1) is 23.7 Å². The lowest BCUT2D eigenvalue weighted by molar-refractivity contribution is -0.142. The van der Waals surface area contributed by atoms with E-state index in [2.05, 4.69) is 29.6 Å². The Morgan fingerprint density at radius 3 is 2.14 bits per heavy atom. The molecule has 6 rings (SSSR count). The van der Waals surface area contributed by atoms with Gasteiger partial charge in [-0.1, -0.05) is 61.4 Å². The summed E-state index contributed by atoms with van der Waals surface area (Å²) >= 11 is 0. The molecule has 0 spiro atoms. The molecule has 2 amide bonds. The van der Waals surface area contributed by atoms with Crippen LogP contribution in [0.4, 0.5) is 4.79 Å². The summed E-state index contributed by atoms with van der Waals surface area (Å²) in [6, 6.07) is 16.2. The van der Waals surface area contributed by atoms with Crippen molar-refractivity contribution in [3.05, 3.63) is 59.7 Å². The zero-order chi connectivity index (χ0) is 24.1. The molecule has 7 heteroatoms. The number of piperidine rings is 1. The molecule has 1 heterocycles. The van der Waals surface area contributed by atoms with E-state index in [0.717, 1.165) is 25.7 Å². The number of benzene rings is 2. The number of likely N-dealkylation sites (tertiary alicyclic amines) is 1. The normalized spacial score (nSPS) is 28.6. The second-order valence-corrected chi connectivity index (χ2v) is 10.4. The maximum atomic E-state index is 13.3. The van der Waals surface area contributed by atoms with Crippen molar-refractivity contribution in [2.24, 2.45) is 23.7 Å². The molecule has 1 aliphatic heterocycles. The van der Waals surface area contributed by atoms with Crippen molar-refractivity contribution in [1.29, 1.82) is 0 Å². The summed E-state index contributed by atoms with van der Waals surface area (Å²) in [5, 5.41) is 12.2. The van der Waals surface area contributed by atoms with Crippen LogP contribution in [0.2, 0.25) is 0 Å². The highest BCUT2D eigenvalue weighted by atomic mass is 16.5. The minimum Gasteiger partial charge on any atom is -0.481 e. The zero-order valence-electron chi connectivity index (χ0n) is 19.6. The van der Waals surface area contributed by atoms with E-state index in [1.54, 1.807) is 0 Å². The number of alkyl carbamates (subject to hydrolysis) is 1. The van der Waals surface area contributed by atoms with E-state index in [-0.39, 0.29) is 48.1 Å². The molecule has 2 N–H and O–H groups in total. The van der Waals surface area contributed by atoms with Crippen molar-refractivity contribution in [3.8, 4) is 11.1 Å². The Morgan fingerprint density at radius 1 is 0.914 bits per heavy atom. The van der Waals surface area contributed by atoms with Gasteiger partial charge in [-0.25, -0.2) is 4.79 Å².